The molecule has 3 nitrogen and oxygen atoms in total. The topological polar surface area (TPSA) is 43.8 Å². The van der Waals surface area contributed by atoms with Crippen molar-refractivity contribution in [2.75, 3.05) is 0 Å². The van der Waals surface area contributed by atoms with Crippen LogP contribution in [0.15, 0.2) is 127 Å². The Morgan fingerprint density at radius 1 is 0.771 bits per heavy atom. The van der Waals surface area contributed by atoms with Gasteiger partial charge in [0.05, 0.1) is 12.0 Å². The van der Waals surface area contributed by atoms with Gasteiger partial charge in [-0.1, -0.05) is 110 Å². The van der Waals surface area contributed by atoms with Crippen molar-refractivity contribution in [2.24, 2.45) is 17.6 Å². The molecule has 1 saturated carbocycles. The first-order chi connectivity index (χ1) is 17.3. The first kappa shape index (κ1) is 21.7. The summed E-state index contributed by atoms with van der Waals surface area (Å²) in [7, 11) is 0. The van der Waals surface area contributed by atoms with Crippen LogP contribution in [-0.2, 0) is 5.54 Å². The largest absolute Gasteiger partial charge is 0.399 e. The fraction of sp³-hybridized carbons (Fsp3) is 0.219. The zero-order chi connectivity index (χ0) is 23.7. The van der Waals surface area contributed by atoms with Crippen molar-refractivity contribution in [3.8, 4) is 0 Å². The Kier molecular flexibility index (Phi) is 5.61. The van der Waals surface area contributed by atoms with Crippen LogP contribution in [0.5, 0.6) is 0 Å². The molecule has 3 unspecified atom stereocenters. The van der Waals surface area contributed by atoms with E-state index in [2.05, 4.69) is 120 Å². The molecular weight excluding hydrogens is 426 g/mol. The third-order valence-electron chi connectivity index (χ3n) is 7.88. The van der Waals surface area contributed by atoms with Gasteiger partial charge < -0.3 is 10.3 Å². The van der Waals surface area contributed by atoms with Gasteiger partial charge in [0.25, 0.3) is 0 Å². The highest BCUT2D eigenvalue weighted by atomic mass is 15.1. The molecule has 0 aliphatic heterocycles. The van der Waals surface area contributed by atoms with E-state index in [1.807, 2.05) is 6.33 Å². The summed E-state index contributed by atoms with van der Waals surface area (Å²) in [6.45, 7) is 0. The highest BCUT2D eigenvalue weighted by Gasteiger charge is 2.40. The van der Waals surface area contributed by atoms with Crippen LogP contribution in [0.4, 0.5) is 0 Å². The van der Waals surface area contributed by atoms with Gasteiger partial charge in [0.15, 0.2) is 0 Å². The second-order valence-electron chi connectivity index (χ2n) is 9.82. The van der Waals surface area contributed by atoms with Crippen molar-refractivity contribution < 1.29 is 0 Å². The lowest BCUT2D eigenvalue weighted by molar-refractivity contribution is 0.285. The maximum Gasteiger partial charge on any atom is 0.121 e. The standard InChI is InChI=1S/C32H31N3/c33-28-20-19-24-11-10-18-29(30(24)21-28)31-22-35(23-34-31)32(25-12-4-1-5-13-25,26-14-6-2-7-15-26)27-16-8-3-9-17-27/h1-9,12-17,19-24,29-30H,10-11,18,33H2. The number of benzene rings is 3. The SMILES string of the molecule is NC1=CC2C(C=C1)CCCC2c1cn(C(c2ccccc2)(c2ccccc2)c2ccccc2)cn1. The minimum absolute atomic E-state index is 0.374. The second-order valence-corrected chi connectivity index (χ2v) is 9.82. The Morgan fingerprint density at radius 2 is 1.34 bits per heavy atom. The fourth-order valence-electron chi connectivity index (χ4n) is 6.28. The molecule has 4 aromatic rings. The van der Waals surface area contributed by atoms with Crippen molar-refractivity contribution in [3.05, 3.63) is 150 Å². The highest BCUT2D eigenvalue weighted by molar-refractivity contribution is 5.50. The van der Waals surface area contributed by atoms with Crippen molar-refractivity contribution in [2.45, 2.75) is 30.7 Å². The summed E-state index contributed by atoms with van der Waals surface area (Å²) in [5.74, 6) is 1.34. The first-order valence-corrected chi connectivity index (χ1v) is 12.6. The van der Waals surface area contributed by atoms with Crippen LogP contribution >= 0.6 is 0 Å². The average Bonchev–Trinajstić information content (AvgIpc) is 3.41. The van der Waals surface area contributed by atoms with Gasteiger partial charge in [-0.15, -0.1) is 0 Å². The number of nitrogens with zero attached hydrogens (tertiary/aromatic N) is 2. The summed E-state index contributed by atoms with van der Waals surface area (Å²) in [6.07, 6.45) is 14.6. The van der Waals surface area contributed by atoms with Gasteiger partial charge >= 0.3 is 0 Å². The highest BCUT2D eigenvalue weighted by Crippen LogP contribution is 2.46. The van der Waals surface area contributed by atoms with Crippen molar-refractivity contribution in [3.63, 3.8) is 0 Å². The lowest BCUT2D eigenvalue weighted by atomic mass is 9.69. The van der Waals surface area contributed by atoms with E-state index in [0.29, 0.717) is 17.8 Å². The van der Waals surface area contributed by atoms with Crippen molar-refractivity contribution >= 4 is 0 Å². The van der Waals surface area contributed by atoms with E-state index < -0.39 is 5.54 Å². The quantitative estimate of drug-likeness (QED) is 0.342. The van der Waals surface area contributed by atoms with Gasteiger partial charge in [0.2, 0.25) is 0 Å². The maximum absolute atomic E-state index is 6.23. The zero-order valence-electron chi connectivity index (χ0n) is 19.9. The second kappa shape index (κ2) is 9.07. The molecule has 0 spiro atoms. The molecule has 1 heterocycles. The fourth-order valence-corrected chi connectivity index (χ4v) is 6.28. The number of rotatable bonds is 5. The molecule has 2 aliphatic rings. The number of imidazole rings is 1. The monoisotopic (exact) mass is 457 g/mol. The Morgan fingerprint density at radius 3 is 1.91 bits per heavy atom. The number of fused-ring (bicyclic) bond motifs is 1. The summed E-state index contributed by atoms with van der Waals surface area (Å²) >= 11 is 0. The summed E-state index contributed by atoms with van der Waals surface area (Å²) in [5, 5.41) is 0. The van der Waals surface area contributed by atoms with Gasteiger partial charge in [-0.05, 0) is 47.4 Å². The van der Waals surface area contributed by atoms with Gasteiger partial charge in [-0.3, -0.25) is 0 Å². The molecule has 3 heteroatoms. The number of aromatic nitrogens is 2. The molecule has 2 aliphatic carbocycles. The third-order valence-corrected chi connectivity index (χ3v) is 7.88. The zero-order valence-corrected chi connectivity index (χ0v) is 19.9. The number of hydrogen-bond donors (Lipinski definition) is 1. The van der Waals surface area contributed by atoms with Crippen LogP contribution in [0, 0.1) is 11.8 Å². The van der Waals surface area contributed by atoms with Crippen LogP contribution < -0.4 is 5.73 Å². The predicted molar refractivity (Wildman–Crippen MR) is 142 cm³/mol. The first-order valence-electron chi connectivity index (χ1n) is 12.6. The number of hydrogen-bond acceptors (Lipinski definition) is 2. The van der Waals surface area contributed by atoms with E-state index in [4.69, 9.17) is 10.7 Å². The van der Waals surface area contributed by atoms with E-state index in [-0.39, 0.29) is 0 Å². The normalized spacial score (nSPS) is 21.8. The molecule has 2 N–H and O–H groups in total. The molecule has 0 saturated heterocycles. The Labute approximate surface area is 207 Å². The molecule has 1 aromatic heterocycles. The summed E-state index contributed by atoms with van der Waals surface area (Å²) in [5.41, 5.74) is 11.4. The average molecular weight is 458 g/mol. The lowest BCUT2D eigenvalue weighted by Crippen LogP contribution is -2.37. The molecule has 3 aromatic carbocycles. The van der Waals surface area contributed by atoms with Crippen LogP contribution in [0.2, 0.25) is 0 Å². The Balaban J connectivity index is 1.54. The number of allylic oxidation sites excluding steroid dienone is 3. The molecule has 0 radical (unpaired) electrons. The Bertz CT molecular complexity index is 1240. The molecule has 3 atom stereocenters. The lowest BCUT2D eigenvalue weighted by Gasteiger charge is -2.38. The Hall–Kier alpha value is -3.85. The van der Waals surface area contributed by atoms with E-state index in [1.54, 1.807) is 0 Å². The van der Waals surface area contributed by atoms with Crippen molar-refractivity contribution in [1.82, 2.24) is 9.55 Å². The minimum atomic E-state index is -0.523. The smallest absolute Gasteiger partial charge is 0.121 e. The van der Waals surface area contributed by atoms with E-state index in [9.17, 15) is 0 Å². The summed E-state index contributed by atoms with van der Waals surface area (Å²) in [6, 6.07) is 32.4. The van der Waals surface area contributed by atoms with Crippen LogP contribution in [0.3, 0.4) is 0 Å². The van der Waals surface area contributed by atoms with Crippen LogP contribution in [0.1, 0.15) is 47.6 Å². The molecule has 1 fully saturated rings. The summed E-state index contributed by atoms with van der Waals surface area (Å²) in [4.78, 5) is 5.07. The molecule has 35 heavy (non-hydrogen) atoms. The molecule has 6 rings (SSSR count). The molecule has 174 valence electrons. The molecule has 0 bridgehead atoms. The van der Waals surface area contributed by atoms with Gasteiger partial charge in [-0.25, -0.2) is 4.98 Å². The van der Waals surface area contributed by atoms with Gasteiger partial charge in [-0.2, -0.15) is 0 Å². The van der Waals surface area contributed by atoms with Gasteiger partial charge in [0, 0.05) is 17.8 Å². The van der Waals surface area contributed by atoms with E-state index >= 15 is 0 Å². The third kappa shape index (κ3) is 3.72. The minimum Gasteiger partial charge on any atom is -0.399 e. The van der Waals surface area contributed by atoms with Gasteiger partial charge in [0.1, 0.15) is 5.54 Å². The number of nitrogens with two attached hydrogens (primary N) is 1. The predicted octanol–water partition coefficient (Wildman–Crippen LogP) is 6.64. The van der Waals surface area contributed by atoms with E-state index in [0.717, 1.165) is 17.8 Å². The summed E-state index contributed by atoms with van der Waals surface area (Å²) < 4.78 is 2.33. The molecular formula is C32H31N3. The van der Waals surface area contributed by atoms with Crippen molar-refractivity contribution in [1.29, 1.82) is 0 Å². The van der Waals surface area contributed by atoms with Crippen LogP contribution in [0.25, 0.3) is 0 Å². The maximum atomic E-state index is 6.23. The van der Waals surface area contributed by atoms with E-state index in [1.165, 1.54) is 29.5 Å². The van der Waals surface area contributed by atoms with Crippen LogP contribution in [-0.4, -0.2) is 9.55 Å². The molecule has 0 amide bonds.